The van der Waals surface area contributed by atoms with Crippen molar-refractivity contribution in [2.75, 3.05) is 13.1 Å². The molecule has 0 aromatic carbocycles. The predicted octanol–water partition coefficient (Wildman–Crippen LogP) is 4.57. The number of nitrogens with zero attached hydrogens (tertiary/aromatic N) is 1. The molecule has 0 aliphatic carbocycles. The van der Waals surface area contributed by atoms with E-state index in [1.165, 1.54) is 45.2 Å². The Morgan fingerprint density at radius 3 is 2.24 bits per heavy atom. The molecule has 0 radical (unpaired) electrons. The summed E-state index contributed by atoms with van der Waals surface area (Å²) in [6.07, 6.45) is 6.97. The van der Waals surface area contributed by atoms with Crippen molar-refractivity contribution in [3.05, 3.63) is 0 Å². The van der Waals surface area contributed by atoms with Gasteiger partial charge >= 0.3 is 0 Å². The first-order valence-corrected chi connectivity index (χ1v) is 7.80. The van der Waals surface area contributed by atoms with E-state index in [-0.39, 0.29) is 0 Å². The summed E-state index contributed by atoms with van der Waals surface area (Å²) in [6.45, 7) is 14.7. The van der Waals surface area contributed by atoms with Gasteiger partial charge in [0.25, 0.3) is 0 Å². The Balaban J connectivity index is 2.44. The molecule has 1 fully saturated rings. The third kappa shape index (κ3) is 4.62. The Morgan fingerprint density at radius 2 is 1.59 bits per heavy atom. The topological polar surface area (TPSA) is 3.24 Å². The van der Waals surface area contributed by atoms with E-state index in [0.717, 1.165) is 23.8 Å². The maximum Gasteiger partial charge on any atom is 0.00927 e. The second kappa shape index (κ2) is 7.41. The highest BCUT2D eigenvalue weighted by atomic mass is 15.2. The van der Waals surface area contributed by atoms with Crippen LogP contribution in [-0.4, -0.2) is 24.0 Å². The van der Waals surface area contributed by atoms with Crippen molar-refractivity contribution in [2.24, 2.45) is 17.8 Å². The van der Waals surface area contributed by atoms with E-state index < -0.39 is 0 Å². The summed E-state index contributed by atoms with van der Waals surface area (Å²) in [5.41, 5.74) is 0. The van der Waals surface area contributed by atoms with Crippen LogP contribution in [-0.2, 0) is 0 Å². The summed E-state index contributed by atoms with van der Waals surface area (Å²) in [7, 11) is 0. The number of hydrogen-bond acceptors (Lipinski definition) is 1. The van der Waals surface area contributed by atoms with Crippen molar-refractivity contribution in [3.8, 4) is 0 Å². The minimum absolute atomic E-state index is 0.782. The van der Waals surface area contributed by atoms with Gasteiger partial charge in [0.2, 0.25) is 0 Å². The van der Waals surface area contributed by atoms with Crippen LogP contribution in [0.4, 0.5) is 0 Å². The van der Waals surface area contributed by atoms with Crippen LogP contribution in [0, 0.1) is 17.8 Å². The van der Waals surface area contributed by atoms with Crippen LogP contribution in [0.2, 0.25) is 0 Å². The van der Waals surface area contributed by atoms with Gasteiger partial charge in [-0.2, -0.15) is 0 Å². The number of hydrogen-bond donors (Lipinski definition) is 0. The van der Waals surface area contributed by atoms with Crippen LogP contribution in [0.5, 0.6) is 0 Å². The van der Waals surface area contributed by atoms with Crippen molar-refractivity contribution in [1.82, 2.24) is 4.90 Å². The molecule has 102 valence electrons. The SMILES string of the molecule is CCCCCCN1CC(C)C(C)CC(C)C1C. The highest BCUT2D eigenvalue weighted by molar-refractivity contribution is 4.82. The first-order chi connectivity index (χ1) is 8.06. The van der Waals surface area contributed by atoms with Gasteiger partial charge in [0.1, 0.15) is 0 Å². The Kier molecular flexibility index (Phi) is 6.54. The molecule has 4 atom stereocenters. The van der Waals surface area contributed by atoms with Gasteiger partial charge in [-0.05, 0) is 44.1 Å². The van der Waals surface area contributed by atoms with Crippen LogP contribution in [0.3, 0.4) is 0 Å². The van der Waals surface area contributed by atoms with Crippen LogP contribution < -0.4 is 0 Å². The summed E-state index contributed by atoms with van der Waals surface area (Å²) in [6, 6.07) is 0.782. The highest BCUT2D eigenvalue weighted by Gasteiger charge is 2.29. The van der Waals surface area contributed by atoms with E-state index in [4.69, 9.17) is 0 Å². The summed E-state index contributed by atoms with van der Waals surface area (Å²) >= 11 is 0. The van der Waals surface area contributed by atoms with Crippen LogP contribution in [0.1, 0.15) is 66.7 Å². The van der Waals surface area contributed by atoms with Crippen LogP contribution in [0.25, 0.3) is 0 Å². The van der Waals surface area contributed by atoms with E-state index in [9.17, 15) is 0 Å². The fourth-order valence-corrected chi connectivity index (χ4v) is 3.13. The molecule has 0 saturated carbocycles. The van der Waals surface area contributed by atoms with E-state index >= 15 is 0 Å². The molecule has 0 spiro atoms. The maximum atomic E-state index is 2.76. The van der Waals surface area contributed by atoms with Gasteiger partial charge in [0.15, 0.2) is 0 Å². The summed E-state index contributed by atoms with van der Waals surface area (Å²) in [4.78, 5) is 2.76. The van der Waals surface area contributed by atoms with Crippen molar-refractivity contribution < 1.29 is 0 Å². The quantitative estimate of drug-likeness (QED) is 0.635. The lowest BCUT2D eigenvalue weighted by molar-refractivity contribution is 0.161. The molecule has 0 amide bonds. The van der Waals surface area contributed by atoms with Gasteiger partial charge in [-0.25, -0.2) is 0 Å². The Morgan fingerprint density at radius 1 is 0.882 bits per heavy atom. The maximum absolute atomic E-state index is 2.76. The molecule has 1 nitrogen and oxygen atoms in total. The summed E-state index contributed by atoms with van der Waals surface area (Å²) in [5, 5.41) is 0. The predicted molar refractivity (Wildman–Crippen MR) is 77.3 cm³/mol. The molecule has 17 heavy (non-hydrogen) atoms. The molecule has 0 bridgehead atoms. The fraction of sp³-hybridized carbons (Fsp3) is 1.00. The average molecular weight is 239 g/mol. The first kappa shape index (κ1) is 15.0. The molecule has 4 unspecified atom stereocenters. The lowest BCUT2D eigenvalue weighted by Gasteiger charge is -2.31. The van der Waals surface area contributed by atoms with Crippen LogP contribution >= 0.6 is 0 Å². The molecule has 1 saturated heterocycles. The van der Waals surface area contributed by atoms with Crippen molar-refractivity contribution in [3.63, 3.8) is 0 Å². The smallest absolute Gasteiger partial charge is 0.00927 e. The largest absolute Gasteiger partial charge is 0.300 e. The second-order valence-corrected chi connectivity index (χ2v) is 6.46. The van der Waals surface area contributed by atoms with Gasteiger partial charge in [-0.15, -0.1) is 0 Å². The molecule has 0 aromatic rings. The van der Waals surface area contributed by atoms with Gasteiger partial charge in [-0.1, -0.05) is 47.0 Å². The van der Waals surface area contributed by atoms with Gasteiger partial charge < -0.3 is 4.90 Å². The fourth-order valence-electron chi connectivity index (χ4n) is 3.13. The lowest BCUT2D eigenvalue weighted by atomic mass is 9.88. The molecule has 1 aliphatic heterocycles. The Bertz CT molecular complexity index is 202. The van der Waals surface area contributed by atoms with Gasteiger partial charge in [0.05, 0.1) is 0 Å². The molecular weight excluding hydrogens is 206 g/mol. The molecule has 1 heterocycles. The zero-order valence-corrected chi connectivity index (χ0v) is 12.7. The summed E-state index contributed by atoms with van der Waals surface area (Å²) in [5.74, 6) is 2.63. The van der Waals surface area contributed by atoms with E-state index in [2.05, 4.69) is 39.5 Å². The zero-order chi connectivity index (χ0) is 12.8. The molecule has 0 N–H and O–H groups in total. The second-order valence-electron chi connectivity index (χ2n) is 6.46. The molecule has 1 rings (SSSR count). The third-order valence-corrected chi connectivity index (χ3v) is 4.94. The third-order valence-electron chi connectivity index (χ3n) is 4.94. The summed E-state index contributed by atoms with van der Waals surface area (Å²) < 4.78 is 0. The zero-order valence-electron chi connectivity index (χ0n) is 12.7. The highest BCUT2D eigenvalue weighted by Crippen LogP contribution is 2.30. The van der Waals surface area contributed by atoms with E-state index in [1.54, 1.807) is 0 Å². The molecular formula is C16H33N. The average Bonchev–Trinajstić information content (AvgIpc) is 2.38. The van der Waals surface area contributed by atoms with Crippen molar-refractivity contribution in [1.29, 1.82) is 0 Å². The van der Waals surface area contributed by atoms with E-state index in [1.807, 2.05) is 0 Å². The minimum atomic E-state index is 0.782. The molecule has 0 aromatic heterocycles. The minimum Gasteiger partial charge on any atom is -0.300 e. The Labute approximate surface area is 109 Å². The number of likely N-dealkylation sites (tertiary alicyclic amines) is 1. The van der Waals surface area contributed by atoms with Crippen molar-refractivity contribution in [2.45, 2.75) is 72.8 Å². The van der Waals surface area contributed by atoms with Crippen LogP contribution in [0.15, 0.2) is 0 Å². The molecule has 1 aliphatic rings. The van der Waals surface area contributed by atoms with Gasteiger partial charge in [0, 0.05) is 12.6 Å². The normalized spacial score (nSPS) is 35.8. The standard InChI is InChI=1S/C16H33N/c1-6-7-8-9-10-17-12-15(4)13(2)11-14(3)16(17)5/h13-16H,6-12H2,1-5H3. The van der Waals surface area contributed by atoms with Crippen molar-refractivity contribution >= 4 is 0 Å². The molecule has 1 heteroatoms. The number of unbranched alkanes of at least 4 members (excludes halogenated alkanes) is 3. The first-order valence-electron chi connectivity index (χ1n) is 7.80. The van der Waals surface area contributed by atoms with E-state index in [0.29, 0.717) is 0 Å². The Hall–Kier alpha value is -0.0400. The lowest BCUT2D eigenvalue weighted by Crippen LogP contribution is -2.38. The number of rotatable bonds is 5. The van der Waals surface area contributed by atoms with Gasteiger partial charge in [-0.3, -0.25) is 0 Å². The monoisotopic (exact) mass is 239 g/mol.